The molecule has 0 spiro atoms. The Morgan fingerprint density at radius 1 is 1.19 bits per heavy atom. The lowest BCUT2D eigenvalue weighted by Gasteiger charge is -2.31. The predicted molar refractivity (Wildman–Crippen MR) is 132 cm³/mol. The van der Waals surface area contributed by atoms with Crippen molar-refractivity contribution in [3.63, 3.8) is 0 Å². The van der Waals surface area contributed by atoms with Gasteiger partial charge in [-0.25, -0.2) is 4.98 Å². The van der Waals surface area contributed by atoms with Crippen molar-refractivity contribution >= 4 is 44.6 Å². The molecule has 0 radical (unpaired) electrons. The van der Waals surface area contributed by atoms with E-state index >= 15 is 0 Å². The second-order valence-corrected chi connectivity index (χ2v) is 10.8. The van der Waals surface area contributed by atoms with Crippen LogP contribution >= 0.6 is 22.7 Å². The van der Waals surface area contributed by atoms with E-state index in [1.807, 2.05) is 30.9 Å². The third-order valence-electron chi connectivity index (χ3n) is 6.16. The van der Waals surface area contributed by atoms with E-state index in [1.54, 1.807) is 29.6 Å². The average Bonchev–Trinajstić information content (AvgIpc) is 3.48. The van der Waals surface area contributed by atoms with Crippen molar-refractivity contribution in [2.75, 3.05) is 6.54 Å². The van der Waals surface area contributed by atoms with Crippen LogP contribution in [0.1, 0.15) is 45.2 Å². The Hall–Kier alpha value is -2.29. The van der Waals surface area contributed by atoms with Crippen LogP contribution in [0.3, 0.4) is 0 Å². The molecule has 1 fully saturated rings. The molecule has 0 unspecified atom stereocenters. The molecule has 1 aromatic carbocycles. The van der Waals surface area contributed by atoms with Gasteiger partial charge in [-0.1, -0.05) is 39.0 Å². The molecule has 3 aromatic rings. The molecular weight excluding hydrogens is 440 g/mol. The first-order chi connectivity index (χ1) is 15.3. The van der Waals surface area contributed by atoms with Crippen LogP contribution in [0.2, 0.25) is 0 Å². The molecule has 32 heavy (non-hydrogen) atoms. The van der Waals surface area contributed by atoms with Crippen LogP contribution in [0.15, 0.2) is 35.0 Å². The lowest BCUT2D eigenvalue weighted by Crippen LogP contribution is -2.54. The number of nitrogens with two attached hydrogens (primary N) is 1. The number of thiophene rings is 1. The van der Waals surface area contributed by atoms with E-state index in [0.29, 0.717) is 12.5 Å². The first-order valence-corrected chi connectivity index (χ1v) is 12.8. The number of aromatic nitrogens is 1. The largest absolute Gasteiger partial charge is 0.343 e. The molecule has 1 aliphatic heterocycles. The predicted octanol–water partition coefficient (Wildman–Crippen LogP) is 4.42. The van der Waals surface area contributed by atoms with Gasteiger partial charge < -0.3 is 16.0 Å². The smallest absolute Gasteiger partial charge is 0.246 e. The molecule has 8 heteroatoms. The van der Waals surface area contributed by atoms with E-state index in [1.165, 1.54) is 10.1 Å². The number of thiazole rings is 1. The summed E-state index contributed by atoms with van der Waals surface area (Å²) in [5.74, 6) is -0.0947. The topological polar surface area (TPSA) is 88.3 Å². The van der Waals surface area contributed by atoms with Crippen LogP contribution in [-0.2, 0) is 9.59 Å². The number of carbonyl (C=O) groups excluding carboxylic acids is 2. The maximum absolute atomic E-state index is 13.5. The van der Waals surface area contributed by atoms with Gasteiger partial charge in [0.2, 0.25) is 11.8 Å². The van der Waals surface area contributed by atoms with Gasteiger partial charge in [-0.3, -0.25) is 9.59 Å². The van der Waals surface area contributed by atoms with Crippen LogP contribution in [0, 0.1) is 11.8 Å². The Balaban J connectivity index is 1.61. The number of rotatable bonds is 6. The zero-order chi connectivity index (χ0) is 23.0. The van der Waals surface area contributed by atoms with Crippen molar-refractivity contribution in [2.45, 2.75) is 52.2 Å². The SMILES string of the molecule is CC(C)[C@H](NC(=O)[C@H](C)N)C(=O)N1CC[C@H](C)[C@H]1c1nc(-c2csc3ccccc23)cs1. The number of nitrogens with one attached hydrogen (secondary N) is 1. The van der Waals surface area contributed by atoms with Crippen LogP contribution in [-0.4, -0.2) is 40.3 Å². The number of fused-ring (bicyclic) bond motifs is 1. The van der Waals surface area contributed by atoms with E-state index in [4.69, 9.17) is 10.7 Å². The number of nitrogens with zero attached hydrogens (tertiary/aromatic N) is 2. The minimum atomic E-state index is -0.653. The van der Waals surface area contributed by atoms with E-state index in [-0.39, 0.29) is 23.8 Å². The van der Waals surface area contributed by atoms with Gasteiger partial charge in [0.15, 0.2) is 0 Å². The number of hydrogen-bond acceptors (Lipinski definition) is 6. The zero-order valence-electron chi connectivity index (χ0n) is 18.9. The van der Waals surface area contributed by atoms with Gasteiger partial charge in [-0.15, -0.1) is 22.7 Å². The van der Waals surface area contributed by atoms with E-state index in [9.17, 15) is 9.59 Å². The second-order valence-electron chi connectivity index (χ2n) is 8.98. The molecule has 2 aromatic heterocycles. The molecule has 1 aliphatic rings. The van der Waals surface area contributed by atoms with Gasteiger partial charge in [0, 0.05) is 33.0 Å². The van der Waals surface area contributed by atoms with E-state index in [0.717, 1.165) is 22.7 Å². The molecule has 0 saturated carbocycles. The van der Waals surface area contributed by atoms with Crippen molar-refractivity contribution in [1.29, 1.82) is 0 Å². The molecule has 0 aliphatic carbocycles. The van der Waals surface area contributed by atoms with Crippen molar-refractivity contribution < 1.29 is 9.59 Å². The lowest BCUT2D eigenvalue weighted by atomic mass is 10.00. The monoisotopic (exact) mass is 470 g/mol. The standard InChI is InChI=1S/C24H30N4O2S2/c1-13(2)20(27-22(29)15(4)25)24(30)28-10-9-14(3)21(28)23-26-18(12-32-23)17-11-31-19-8-6-5-7-16(17)19/h5-8,11-15,20-21H,9-10,25H2,1-4H3,(H,27,29)/t14-,15-,20-,21-/m0/s1. The third kappa shape index (κ3) is 4.31. The Morgan fingerprint density at radius 3 is 2.66 bits per heavy atom. The van der Waals surface area contributed by atoms with E-state index in [2.05, 4.69) is 35.1 Å². The summed E-state index contributed by atoms with van der Waals surface area (Å²) in [4.78, 5) is 32.6. The highest BCUT2D eigenvalue weighted by atomic mass is 32.1. The average molecular weight is 471 g/mol. The van der Waals surface area contributed by atoms with Crippen molar-refractivity contribution in [3.8, 4) is 11.3 Å². The highest BCUT2D eigenvalue weighted by Gasteiger charge is 2.41. The molecule has 3 N–H and O–H groups in total. The normalized spacial score (nSPS) is 20.6. The van der Waals surface area contributed by atoms with Gasteiger partial charge >= 0.3 is 0 Å². The van der Waals surface area contributed by atoms with Gasteiger partial charge in [0.25, 0.3) is 0 Å². The fourth-order valence-electron chi connectivity index (χ4n) is 4.27. The highest BCUT2D eigenvalue weighted by molar-refractivity contribution is 7.17. The number of hydrogen-bond donors (Lipinski definition) is 2. The fraction of sp³-hybridized carbons (Fsp3) is 0.458. The minimum absolute atomic E-state index is 0.0363. The first-order valence-electron chi connectivity index (χ1n) is 11.1. The molecule has 4 rings (SSSR count). The van der Waals surface area contributed by atoms with Crippen molar-refractivity contribution in [1.82, 2.24) is 15.2 Å². The maximum atomic E-state index is 13.5. The van der Waals surface area contributed by atoms with Crippen molar-refractivity contribution in [3.05, 3.63) is 40.0 Å². The van der Waals surface area contributed by atoms with Crippen LogP contribution in [0.4, 0.5) is 0 Å². The summed E-state index contributed by atoms with van der Waals surface area (Å²) >= 11 is 3.33. The van der Waals surface area contributed by atoms with Gasteiger partial charge in [-0.05, 0) is 31.2 Å². The molecule has 4 atom stereocenters. The lowest BCUT2D eigenvalue weighted by molar-refractivity contribution is -0.139. The Labute approximate surface area is 196 Å². The van der Waals surface area contributed by atoms with Crippen LogP contribution in [0.5, 0.6) is 0 Å². The summed E-state index contributed by atoms with van der Waals surface area (Å²) in [6, 6.07) is 7.02. The highest BCUT2D eigenvalue weighted by Crippen LogP contribution is 2.41. The fourth-order valence-corrected chi connectivity index (χ4v) is 6.29. The third-order valence-corrected chi connectivity index (χ3v) is 8.04. The summed E-state index contributed by atoms with van der Waals surface area (Å²) in [7, 11) is 0. The minimum Gasteiger partial charge on any atom is -0.343 e. The molecular formula is C24H30N4O2S2. The molecule has 0 bridgehead atoms. The molecule has 1 saturated heterocycles. The first kappa shape index (κ1) is 22.9. The number of carbonyl (C=O) groups is 2. The zero-order valence-corrected chi connectivity index (χ0v) is 20.5. The summed E-state index contributed by atoms with van der Waals surface area (Å²) in [6.45, 7) is 8.36. The quantitative estimate of drug-likeness (QED) is 0.558. The van der Waals surface area contributed by atoms with Crippen LogP contribution < -0.4 is 11.1 Å². The van der Waals surface area contributed by atoms with E-state index < -0.39 is 12.1 Å². The summed E-state index contributed by atoms with van der Waals surface area (Å²) < 4.78 is 1.24. The Kier molecular flexibility index (Phi) is 6.65. The van der Waals surface area contributed by atoms with Gasteiger partial charge in [0.05, 0.1) is 17.8 Å². The van der Waals surface area contributed by atoms with Crippen molar-refractivity contribution in [2.24, 2.45) is 17.6 Å². The molecule has 6 nitrogen and oxygen atoms in total. The molecule has 2 amide bonds. The Bertz CT molecular complexity index is 1120. The summed E-state index contributed by atoms with van der Waals surface area (Å²) in [5, 5.41) is 9.27. The van der Waals surface area contributed by atoms with Gasteiger partial charge in [0.1, 0.15) is 11.0 Å². The second kappa shape index (κ2) is 9.29. The maximum Gasteiger partial charge on any atom is 0.246 e. The molecule has 3 heterocycles. The van der Waals surface area contributed by atoms with Crippen LogP contribution in [0.25, 0.3) is 21.3 Å². The number of benzene rings is 1. The Morgan fingerprint density at radius 2 is 1.94 bits per heavy atom. The summed E-state index contributed by atoms with van der Waals surface area (Å²) in [5.41, 5.74) is 7.82. The van der Waals surface area contributed by atoms with Gasteiger partial charge in [-0.2, -0.15) is 0 Å². The number of likely N-dealkylation sites (tertiary alicyclic amines) is 1. The molecule has 170 valence electrons. The number of amides is 2. The summed E-state index contributed by atoms with van der Waals surface area (Å²) in [6.07, 6.45) is 0.915.